The Morgan fingerprint density at radius 1 is 0.800 bits per heavy atom. The third-order valence-corrected chi connectivity index (χ3v) is 6.53. The van der Waals surface area contributed by atoms with Crippen molar-refractivity contribution in [2.75, 3.05) is 4.90 Å². The van der Waals surface area contributed by atoms with Crippen LogP contribution < -0.4 is 4.90 Å². The van der Waals surface area contributed by atoms with E-state index in [4.69, 9.17) is 4.42 Å². The molecular formula is C28H25NO. The van der Waals surface area contributed by atoms with E-state index in [1.807, 2.05) is 0 Å². The van der Waals surface area contributed by atoms with Crippen LogP contribution in [0.1, 0.15) is 46.2 Å². The highest BCUT2D eigenvalue weighted by atomic mass is 16.4. The Morgan fingerprint density at radius 3 is 2.57 bits per heavy atom. The summed E-state index contributed by atoms with van der Waals surface area (Å²) in [6.45, 7) is 4.30. The second-order valence-corrected chi connectivity index (χ2v) is 8.67. The molecule has 0 N–H and O–H groups in total. The number of anilines is 3. The fourth-order valence-electron chi connectivity index (χ4n) is 5.05. The fraction of sp³-hybridized carbons (Fsp3) is 0.214. The van der Waals surface area contributed by atoms with Crippen molar-refractivity contribution in [3.05, 3.63) is 88.0 Å². The zero-order valence-corrected chi connectivity index (χ0v) is 17.5. The summed E-state index contributed by atoms with van der Waals surface area (Å²) >= 11 is 0. The van der Waals surface area contributed by atoms with Gasteiger partial charge >= 0.3 is 0 Å². The van der Waals surface area contributed by atoms with Gasteiger partial charge in [0.05, 0.1) is 11.4 Å². The lowest BCUT2D eigenvalue weighted by atomic mass is 9.90. The molecule has 2 nitrogen and oxygen atoms in total. The Morgan fingerprint density at radius 2 is 1.63 bits per heavy atom. The zero-order valence-electron chi connectivity index (χ0n) is 17.5. The van der Waals surface area contributed by atoms with Gasteiger partial charge in [-0.3, -0.25) is 4.90 Å². The van der Waals surface area contributed by atoms with Gasteiger partial charge in [-0.05, 0) is 92.6 Å². The van der Waals surface area contributed by atoms with Gasteiger partial charge in [0.15, 0.2) is 0 Å². The predicted molar refractivity (Wildman–Crippen MR) is 126 cm³/mol. The molecule has 6 rings (SSSR count). The monoisotopic (exact) mass is 391 g/mol. The number of fused-ring (bicyclic) bond motifs is 5. The highest BCUT2D eigenvalue weighted by Crippen LogP contribution is 2.48. The molecule has 0 bridgehead atoms. The zero-order chi connectivity index (χ0) is 20.2. The molecule has 0 saturated heterocycles. The van der Waals surface area contributed by atoms with Gasteiger partial charge in [-0.1, -0.05) is 41.5 Å². The van der Waals surface area contributed by atoms with E-state index < -0.39 is 0 Å². The molecular weight excluding hydrogens is 366 g/mol. The van der Waals surface area contributed by atoms with Gasteiger partial charge in [0, 0.05) is 10.9 Å². The molecule has 0 unspecified atom stereocenters. The van der Waals surface area contributed by atoms with Gasteiger partial charge in [0.2, 0.25) is 5.88 Å². The molecule has 0 saturated carbocycles. The van der Waals surface area contributed by atoms with E-state index in [1.165, 1.54) is 63.8 Å². The summed E-state index contributed by atoms with van der Waals surface area (Å²) in [5, 5.41) is 1.18. The molecule has 148 valence electrons. The largest absolute Gasteiger partial charge is 0.439 e. The SMILES string of the molecule is Cc1ccc2c(c1)C=Cc1c(oc3ccc(C)cc13)N2c1cccc2c1CCCC2. The van der Waals surface area contributed by atoms with E-state index in [0.29, 0.717) is 0 Å². The first-order valence-corrected chi connectivity index (χ1v) is 10.9. The lowest BCUT2D eigenvalue weighted by Gasteiger charge is -2.29. The summed E-state index contributed by atoms with van der Waals surface area (Å²) in [6.07, 6.45) is 9.31. The lowest BCUT2D eigenvalue weighted by molar-refractivity contribution is 0.618. The van der Waals surface area contributed by atoms with E-state index in [2.05, 4.69) is 85.5 Å². The highest BCUT2D eigenvalue weighted by Gasteiger charge is 2.28. The van der Waals surface area contributed by atoms with Crippen LogP contribution in [0.4, 0.5) is 17.3 Å². The molecule has 0 amide bonds. The van der Waals surface area contributed by atoms with E-state index in [1.54, 1.807) is 0 Å². The first-order valence-electron chi connectivity index (χ1n) is 10.9. The standard InChI is InChI=1S/C28H25NO/c1-18-10-14-25-21(16-18)12-13-23-24-17-19(2)11-15-27(24)30-28(23)29(25)26-9-5-7-20-6-3-4-8-22(20)26/h5,7,9-17H,3-4,6,8H2,1-2H3. The molecule has 2 heteroatoms. The molecule has 30 heavy (non-hydrogen) atoms. The number of nitrogens with zero attached hydrogens (tertiary/aromatic N) is 1. The summed E-state index contributed by atoms with van der Waals surface area (Å²) in [5.41, 5.74) is 11.3. The topological polar surface area (TPSA) is 16.4 Å². The normalized spacial score (nSPS) is 14.9. The highest BCUT2D eigenvalue weighted by molar-refractivity contribution is 6.02. The van der Waals surface area contributed by atoms with E-state index in [9.17, 15) is 0 Å². The molecule has 3 aromatic carbocycles. The van der Waals surface area contributed by atoms with Gasteiger partial charge in [-0.25, -0.2) is 0 Å². The molecule has 0 spiro atoms. The Balaban J connectivity index is 1.68. The second kappa shape index (κ2) is 6.63. The minimum Gasteiger partial charge on any atom is -0.439 e. The molecule has 1 aliphatic carbocycles. The molecule has 2 heterocycles. The number of hydrogen-bond donors (Lipinski definition) is 0. The number of benzene rings is 3. The third-order valence-electron chi connectivity index (χ3n) is 6.53. The van der Waals surface area contributed by atoms with Crippen molar-refractivity contribution in [3.63, 3.8) is 0 Å². The maximum Gasteiger partial charge on any atom is 0.213 e. The molecule has 1 aliphatic heterocycles. The molecule has 0 radical (unpaired) electrons. The van der Waals surface area contributed by atoms with Gasteiger partial charge in [-0.15, -0.1) is 0 Å². The second-order valence-electron chi connectivity index (χ2n) is 8.67. The number of furan rings is 1. The Hall–Kier alpha value is -3.26. The molecule has 1 aromatic heterocycles. The maximum absolute atomic E-state index is 6.55. The van der Waals surface area contributed by atoms with Gasteiger partial charge in [0.1, 0.15) is 5.58 Å². The molecule has 0 atom stereocenters. The summed E-state index contributed by atoms with van der Waals surface area (Å²) < 4.78 is 6.55. The van der Waals surface area contributed by atoms with Crippen LogP contribution in [0, 0.1) is 13.8 Å². The van der Waals surface area contributed by atoms with Crippen molar-refractivity contribution in [3.8, 4) is 0 Å². The average molecular weight is 392 g/mol. The first kappa shape index (κ1) is 17.6. The lowest BCUT2D eigenvalue weighted by Crippen LogP contribution is -2.15. The van der Waals surface area contributed by atoms with Crippen LogP contribution in [0.3, 0.4) is 0 Å². The van der Waals surface area contributed by atoms with Crippen molar-refractivity contribution < 1.29 is 4.42 Å². The van der Waals surface area contributed by atoms with Gasteiger partial charge in [0.25, 0.3) is 0 Å². The van der Waals surface area contributed by atoms with E-state index in [-0.39, 0.29) is 0 Å². The van der Waals surface area contributed by atoms with Crippen LogP contribution in [0.5, 0.6) is 0 Å². The third kappa shape index (κ3) is 2.64. The van der Waals surface area contributed by atoms with Crippen LogP contribution in [0.2, 0.25) is 0 Å². The van der Waals surface area contributed by atoms with Crippen molar-refractivity contribution in [2.24, 2.45) is 0 Å². The summed E-state index contributed by atoms with van der Waals surface area (Å²) in [5.74, 6) is 0.924. The van der Waals surface area contributed by atoms with Crippen LogP contribution in [-0.2, 0) is 12.8 Å². The van der Waals surface area contributed by atoms with Crippen molar-refractivity contribution >= 4 is 40.4 Å². The predicted octanol–water partition coefficient (Wildman–Crippen LogP) is 7.88. The Kier molecular flexibility index (Phi) is 3.89. The molecule has 4 aromatic rings. The van der Waals surface area contributed by atoms with Crippen LogP contribution in [-0.4, -0.2) is 0 Å². The first-order chi connectivity index (χ1) is 14.7. The van der Waals surface area contributed by atoms with Crippen molar-refractivity contribution in [1.29, 1.82) is 0 Å². The van der Waals surface area contributed by atoms with Crippen LogP contribution >= 0.6 is 0 Å². The summed E-state index contributed by atoms with van der Waals surface area (Å²) in [4.78, 5) is 2.36. The van der Waals surface area contributed by atoms with Crippen LogP contribution in [0.25, 0.3) is 23.1 Å². The Labute approximate surface area is 177 Å². The number of hydrogen-bond acceptors (Lipinski definition) is 2. The van der Waals surface area contributed by atoms with Gasteiger partial charge in [-0.2, -0.15) is 0 Å². The maximum atomic E-state index is 6.55. The smallest absolute Gasteiger partial charge is 0.213 e. The van der Waals surface area contributed by atoms with Crippen LogP contribution in [0.15, 0.2) is 59.0 Å². The quantitative estimate of drug-likeness (QED) is 0.289. The fourth-order valence-corrected chi connectivity index (χ4v) is 5.05. The molecule has 0 fully saturated rings. The number of rotatable bonds is 1. The van der Waals surface area contributed by atoms with Crippen molar-refractivity contribution in [2.45, 2.75) is 39.5 Å². The Bertz CT molecular complexity index is 1320. The number of aryl methyl sites for hydroxylation is 3. The summed E-state index contributed by atoms with van der Waals surface area (Å²) in [6, 6.07) is 19.9. The molecule has 2 aliphatic rings. The average Bonchev–Trinajstić information content (AvgIpc) is 3.02. The van der Waals surface area contributed by atoms with Crippen molar-refractivity contribution in [1.82, 2.24) is 0 Å². The van der Waals surface area contributed by atoms with Gasteiger partial charge < -0.3 is 4.42 Å². The van der Waals surface area contributed by atoms with E-state index in [0.717, 1.165) is 23.5 Å². The minimum atomic E-state index is 0.924. The summed E-state index contributed by atoms with van der Waals surface area (Å²) in [7, 11) is 0. The minimum absolute atomic E-state index is 0.924. The van der Waals surface area contributed by atoms with E-state index >= 15 is 0 Å².